The second-order valence-electron chi connectivity index (χ2n) is 6.27. The van der Waals surface area contributed by atoms with Crippen LogP contribution < -0.4 is 20.9 Å². The van der Waals surface area contributed by atoms with E-state index in [1.165, 1.54) is 17.9 Å². The van der Waals surface area contributed by atoms with Crippen LogP contribution in [0.3, 0.4) is 0 Å². The summed E-state index contributed by atoms with van der Waals surface area (Å²) in [5.74, 6) is -0.644. The van der Waals surface area contributed by atoms with Crippen molar-refractivity contribution >= 4 is 23.4 Å². The molecular weight excluding hydrogens is 343 g/mol. The molecule has 0 radical (unpaired) electrons. The Morgan fingerprint density at radius 2 is 2.12 bits per heavy atom. The number of hydrogen-bond acceptors (Lipinski definition) is 6. The molecule has 2 aliphatic rings. The van der Waals surface area contributed by atoms with Gasteiger partial charge in [0.2, 0.25) is 5.91 Å². The highest BCUT2D eigenvalue weighted by atomic mass is 19.1. The van der Waals surface area contributed by atoms with Gasteiger partial charge in [-0.15, -0.1) is 0 Å². The lowest BCUT2D eigenvalue weighted by molar-refractivity contribution is -0.119. The van der Waals surface area contributed by atoms with Gasteiger partial charge in [0.15, 0.2) is 0 Å². The number of carbonyl (C=O) groups excluding carboxylic acids is 2. The molecule has 2 amide bonds. The fraction of sp³-hybridized carbons (Fsp3) is 0.529. The minimum Gasteiger partial charge on any atom is -0.442 e. The van der Waals surface area contributed by atoms with E-state index in [9.17, 15) is 14.0 Å². The number of amides is 2. The number of carbonyl (C=O) groups is 2. The Morgan fingerprint density at radius 3 is 2.73 bits per heavy atom. The molecule has 2 aliphatic heterocycles. The van der Waals surface area contributed by atoms with E-state index in [2.05, 4.69) is 5.32 Å². The molecule has 1 aromatic carbocycles. The third-order valence-corrected chi connectivity index (χ3v) is 4.56. The number of anilines is 2. The Morgan fingerprint density at radius 1 is 1.38 bits per heavy atom. The van der Waals surface area contributed by atoms with Crippen LogP contribution in [0.4, 0.5) is 20.6 Å². The van der Waals surface area contributed by atoms with E-state index in [0.29, 0.717) is 37.7 Å². The standard InChI is InChI=1S/C17H23FN4O4/c1-11(23)20-10-16-15(9-19)22(17(24)26-16)12-2-3-14(13(18)8-12)21-4-6-25-7-5-21/h2-3,8,15-16H,4-7,9-10,19H2,1H3,(H,20,23)/t15-,16-/m0/s1. The molecule has 3 rings (SSSR count). The minimum absolute atomic E-state index is 0.128. The maximum atomic E-state index is 14.6. The lowest BCUT2D eigenvalue weighted by Gasteiger charge is -2.30. The van der Waals surface area contributed by atoms with Gasteiger partial charge in [-0.1, -0.05) is 0 Å². The van der Waals surface area contributed by atoms with Crippen LogP contribution in [-0.2, 0) is 14.3 Å². The van der Waals surface area contributed by atoms with Gasteiger partial charge in [0.1, 0.15) is 11.9 Å². The molecule has 0 aromatic heterocycles. The van der Waals surface area contributed by atoms with Crippen molar-refractivity contribution in [3.05, 3.63) is 24.0 Å². The van der Waals surface area contributed by atoms with Gasteiger partial charge in [0.25, 0.3) is 0 Å². The summed E-state index contributed by atoms with van der Waals surface area (Å²) in [7, 11) is 0. The van der Waals surface area contributed by atoms with Gasteiger partial charge in [-0.3, -0.25) is 9.69 Å². The van der Waals surface area contributed by atoms with E-state index >= 15 is 0 Å². The van der Waals surface area contributed by atoms with Gasteiger partial charge in [-0.05, 0) is 18.2 Å². The lowest BCUT2D eigenvalue weighted by atomic mass is 10.1. The van der Waals surface area contributed by atoms with Gasteiger partial charge in [-0.2, -0.15) is 0 Å². The second-order valence-corrected chi connectivity index (χ2v) is 6.27. The number of rotatable bonds is 5. The molecule has 9 heteroatoms. The predicted molar refractivity (Wildman–Crippen MR) is 93.7 cm³/mol. The first-order valence-corrected chi connectivity index (χ1v) is 8.58. The number of nitrogens with one attached hydrogen (secondary N) is 1. The van der Waals surface area contributed by atoms with Gasteiger partial charge in [-0.25, -0.2) is 9.18 Å². The summed E-state index contributed by atoms with van der Waals surface area (Å²) < 4.78 is 25.2. The number of halogens is 1. The van der Waals surface area contributed by atoms with Crippen LogP contribution >= 0.6 is 0 Å². The largest absolute Gasteiger partial charge is 0.442 e. The molecule has 2 heterocycles. The Bertz CT molecular complexity index is 681. The number of ether oxygens (including phenoxy) is 2. The maximum Gasteiger partial charge on any atom is 0.415 e. The zero-order chi connectivity index (χ0) is 18.7. The molecule has 2 fully saturated rings. The number of hydrogen-bond donors (Lipinski definition) is 2. The monoisotopic (exact) mass is 366 g/mol. The fourth-order valence-electron chi connectivity index (χ4n) is 3.25. The van der Waals surface area contributed by atoms with Gasteiger partial charge >= 0.3 is 6.09 Å². The van der Waals surface area contributed by atoms with Crippen molar-refractivity contribution in [3.8, 4) is 0 Å². The van der Waals surface area contributed by atoms with Crippen LogP contribution in [0.15, 0.2) is 18.2 Å². The Labute approximate surface area is 151 Å². The Balaban J connectivity index is 1.79. The first kappa shape index (κ1) is 18.4. The molecule has 0 spiro atoms. The number of benzene rings is 1. The fourth-order valence-corrected chi connectivity index (χ4v) is 3.25. The minimum atomic E-state index is -0.602. The second kappa shape index (κ2) is 7.88. The molecule has 2 atom stereocenters. The van der Waals surface area contributed by atoms with Crippen LogP contribution in [0, 0.1) is 5.82 Å². The molecule has 3 N–H and O–H groups in total. The third kappa shape index (κ3) is 3.73. The third-order valence-electron chi connectivity index (χ3n) is 4.56. The molecular formula is C17H23FN4O4. The quantitative estimate of drug-likeness (QED) is 0.785. The number of cyclic esters (lactones) is 1. The van der Waals surface area contributed by atoms with Crippen molar-refractivity contribution in [1.29, 1.82) is 0 Å². The molecule has 26 heavy (non-hydrogen) atoms. The maximum absolute atomic E-state index is 14.6. The summed E-state index contributed by atoms with van der Waals surface area (Å²) >= 11 is 0. The van der Waals surface area contributed by atoms with Crippen molar-refractivity contribution in [1.82, 2.24) is 5.32 Å². The van der Waals surface area contributed by atoms with Gasteiger partial charge in [0.05, 0.1) is 37.2 Å². The number of morpholine rings is 1. The highest BCUT2D eigenvalue weighted by Gasteiger charge is 2.42. The first-order chi connectivity index (χ1) is 12.5. The van der Waals surface area contributed by atoms with Crippen LogP contribution in [0.1, 0.15) is 6.92 Å². The summed E-state index contributed by atoms with van der Waals surface area (Å²) in [4.78, 5) is 26.6. The predicted octanol–water partition coefficient (Wildman–Crippen LogP) is 0.451. The molecule has 0 bridgehead atoms. The average molecular weight is 366 g/mol. The van der Waals surface area contributed by atoms with Crippen LogP contribution in [0.2, 0.25) is 0 Å². The normalized spacial score (nSPS) is 23.1. The Hall–Kier alpha value is -2.39. The van der Waals surface area contributed by atoms with Gasteiger partial charge in [0, 0.05) is 26.6 Å². The van der Waals surface area contributed by atoms with Crippen LogP contribution in [-0.4, -0.2) is 63.5 Å². The summed E-state index contributed by atoms with van der Waals surface area (Å²) in [5, 5.41) is 2.62. The van der Waals surface area contributed by atoms with Crippen LogP contribution in [0.25, 0.3) is 0 Å². The Kier molecular flexibility index (Phi) is 5.58. The van der Waals surface area contributed by atoms with Crippen molar-refractivity contribution < 1.29 is 23.5 Å². The number of nitrogens with zero attached hydrogens (tertiary/aromatic N) is 2. The van der Waals surface area contributed by atoms with Crippen molar-refractivity contribution in [3.63, 3.8) is 0 Å². The summed E-state index contributed by atoms with van der Waals surface area (Å²) in [6, 6.07) is 4.16. The molecule has 0 aliphatic carbocycles. The zero-order valence-electron chi connectivity index (χ0n) is 14.6. The smallest absolute Gasteiger partial charge is 0.415 e. The van der Waals surface area contributed by atoms with E-state index in [1.54, 1.807) is 12.1 Å². The van der Waals surface area contributed by atoms with Gasteiger partial charge < -0.3 is 25.4 Å². The summed E-state index contributed by atoms with van der Waals surface area (Å²) in [6.07, 6.45) is -1.19. The SMILES string of the molecule is CC(=O)NC[C@@H]1OC(=O)N(c2ccc(N3CCOCC3)c(F)c2)[C@H]1CN. The molecule has 1 aromatic rings. The van der Waals surface area contributed by atoms with Crippen LogP contribution in [0.5, 0.6) is 0 Å². The topological polar surface area (TPSA) is 97.1 Å². The summed E-state index contributed by atoms with van der Waals surface area (Å²) in [5.41, 5.74) is 6.66. The van der Waals surface area contributed by atoms with E-state index in [4.69, 9.17) is 15.2 Å². The molecule has 0 saturated carbocycles. The lowest BCUT2D eigenvalue weighted by Crippen LogP contribution is -2.46. The van der Waals surface area contributed by atoms with Crippen molar-refractivity contribution in [2.45, 2.75) is 19.1 Å². The average Bonchev–Trinajstić information content (AvgIpc) is 2.96. The van der Waals surface area contributed by atoms with E-state index in [1.807, 2.05) is 4.90 Å². The van der Waals surface area contributed by atoms with Crippen molar-refractivity contribution in [2.24, 2.45) is 5.73 Å². The molecule has 8 nitrogen and oxygen atoms in total. The molecule has 0 unspecified atom stereocenters. The highest BCUT2D eigenvalue weighted by molar-refractivity contribution is 5.91. The zero-order valence-corrected chi connectivity index (χ0v) is 14.6. The van der Waals surface area contributed by atoms with E-state index in [0.717, 1.165) is 0 Å². The number of nitrogens with two attached hydrogens (primary N) is 1. The van der Waals surface area contributed by atoms with E-state index < -0.39 is 24.1 Å². The summed E-state index contributed by atoms with van der Waals surface area (Å²) in [6.45, 7) is 4.01. The molecule has 2 saturated heterocycles. The van der Waals surface area contributed by atoms with Crippen molar-refractivity contribution in [2.75, 3.05) is 49.2 Å². The first-order valence-electron chi connectivity index (χ1n) is 8.58. The van der Waals surface area contributed by atoms with E-state index in [-0.39, 0.29) is 19.0 Å². The highest BCUT2D eigenvalue weighted by Crippen LogP contribution is 2.31. The molecule has 142 valence electrons.